The monoisotopic (exact) mass is 310 g/mol. The van der Waals surface area contributed by atoms with Gasteiger partial charge in [0.1, 0.15) is 0 Å². The van der Waals surface area contributed by atoms with E-state index in [2.05, 4.69) is 0 Å². The number of carbonyl (C=O) groups is 3. The highest BCUT2D eigenvalue weighted by Crippen LogP contribution is 2.28. The number of nitrogen functional groups attached to an aromatic ring is 1. The van der Waals surface area contributed by atoms with Gasteiger partial charge in [-0.1, -0.05) is 24.3 Å². The van der Waals surface area contributed by atoms with Crippen LogP contribution >= 0.6 is 0 Å². The van der Waals surface area contributed by atoms with Crippen LogP contribution in [-0.4, -0.2) is 27.8 Å². The summed E-state index contributed by atoms with van der Waals surface area (Å²) in [7, 11) is 0. The van der Waals surface area contributed by atoms with E-state index >= 15 is 0 Å². The molecule has 116 valence electrons. The molecule has 1 heterocycles. The normalized spacial score (nSPS) is 13.3. The van der Waals surface area contributed by atoms with E-state index in [1.165, 1.54) is 0 Å². The first kappa shape index (κ1) is 14.8. The molecule has 2 amide bonds. The van der Waals surface area contributed by atoms with Gasteiger partial charge in [0.2, 0.25) is 0 Å². The third-order valence-corrected chi connectivity index (χ3v) is 3.96. The number of aryl methyl sites for hydroxylation is 1. The number of aromatic carboxylic acids is 1. The zero-order valence-corrected chi connectivity index (χ0v) is 12.4. The zero-order chi connectivity index (χ0) is 16.7. The SMILES string of the molecule is Cc1ccc(CN2C(=O)c3ccccc3C2=O)c(N)c1C(=O)O. The Kier molecular flexibility index (Phi) is 3.37. The zero-order valence-electron chi connectivity index (χ0n) is 12.4. The molecule has 6 heteroatoms. The fraction of sp³-hybridized carbons (Fsp3) is 0.118. The van der Waals surface area contributed by atoms with E-state index in [0.717, 1.165) is 4.90 Å². The first-order valence-corrected chi connectivity index (χ1v) is 6.98. The van der Waals surface area contributed by atoms with E-state index < -0.39 is 17.8 Å². The summed E-state index contributed by atoms with van der Waals surface area (Å²) in [4.78, 5) is 37.1. The predicted molar refractivity (Wildman–Crippen MR) is 83.2 cm³/mol. The lowest BCUT2D eigenvalue weighted by Gasteiger charge is -2.17. The lowest BCUT2D eigenvalue weighted by molar-refractivity contribution is 0.0641. The minimum Gasteiger partial charge on any atom is -0.478 e. The van der Waals surface area contributed by atoms with E-state index in [0.29, 0.717) is 22.3 Å². The lowest BCUT2D eigenvalue weighted by atomic mass is 10.0. The highest BCUT2D eigenvalue weighted by molar-refractivity contribution is 6.21. The van der Waals surface area contributed by atoms with Crippen LogP contribution in [0.4, 0.5) is 5.69 Å². The van der Waals surface area contributed by atoms with Gasteiger partial charge in [-0.3, -0.25) is 14.5 Å². The molecule has 0 fully saturated rings. The van der Waals surface area contributed by atoms with Gasteiger partial charge < -0.3 is 10.8 Å². The molecule has 3 N–H and O–H groups in total. The first-order valence-electron chi connectivity index (χ1n) is 6.98. The molecule has 3 rings (SSSR count). The van der Waals surface area contributed by atoms with E-state index in [1.54, 1.807) is 43.3 Å². The van der Waals surface area contributed by atoms with Crippen molar-refractivity contribution in [3.8, 4) is 0 Å². The number of hydrogen-bond acceptors (Lipinski definition) is 4. The molecule has 2 aromatic rings. The number of rotatable bonds is 3. The van der Waals surface area contributed by atoms with Gasteiger partial charge in [0.25, 0.3) is 11.8 Å². The Labute approximate surface area is 132 Å². The Morgan fingerprint density at radius 1 is 1.09 bits per heavy atom. The smallest absolute Gasteiger partial charge is 0.338 e. The number of carbonyl (C=O) groups excluding carboxylic acids is 2. The van der Waals surface area contributed by atoms with E-state index in [-0.39, 0.29) is 17.8 Å². The Hall–Kier alpha value is -3.15. The Balaban J connectivity index is 1.99. The molecular formula is C17H14N2O4. The fourth-order valence-electron chi connectivity index (χ4n) is 2.75. The van der Waals surface area contributed by atoms with Crippen LogP contribution in [0, 0.1) is 6.92 Å². The second kappa shape index (κ2) is 5.24. The summed E-state index contributed by atoms with van der Waals surface area (Å²) in [5.74, 6) is -1.94. The van der Waals surface area contributed by atoms with Crippen LogP contribution in [0.15, 0.2) is 36.4 Å². The summed E-state index contributed by atoms with van der Waals surface area (Å²) in [5, 5.41) is 9.25. The molecule has 0 spiro atoms. The van der Waals surface area contributed by atoms with Crippen LogP contribution in [0.2, 0.25) is 0 Å². The summed E-state index contributed by atoms with van der Waals surface area (Å²) in [6.45, 7) is 1.59. The van der Waals surface area contributed by atoms with Crippen molar-refractivity contribution in [1.82, 2.24) is 4.90 Å². The number of hydrogen-bond donors (Lipinski definition) is 2. The number of nitrogens with zero attached hydrogens (tertiary/aromatic N) is 1. The van der Waals surface area contributed by atoms with Gasteiger partial charge in [-0.2, -0.15) is 0 Å². The molecule has 0 bridgehead atoms. The first-order chi connectivity index (χ1) is 10.9. The maximum Gasteiger partial charge on any atom is 0.338 e. The fourth-order valence-corrected chi connectivity index (χ4v) is 2.75. The van der Waals surface area contributed by atoms with Crippen LogP contribution in [0.1, 0.15) is 42.2 Å². The second-order valence-electron chi connectivity index (χ2n) is 5.38. The molecule has 0 radical (unpaired) electrons. The van der Waals surface area contributed by atoms with Crippen molar-refractivity contribution in [3.05, 3.63) is 64.2 Å². The Bertz CT molecular complexity index is 823. The molecule has 0 atom stereocenters. The van der Waals surface area contributed by atoms with Crippen molar-refractivity contribution in [3.63, 3.8) is 0 Å². The van der Waals surface area contributed by atoms with Gasteiger partial charge in [-0.25, -0.2) is 4.79 Å². The van der Waals surface area contributed by atoms with E-state index in [1.807, 2.05) is 0 Å². The van der Waals surface area contributed by atoms with E-state index in [4.69, 9.17) is 5.73 Å². The van der Waals surface area contributed by atoms with Crippen molar-refractivity contribution in [2.24, 2.45) is 0 Å². The van der Waals surface area contributed by atoms with Crippen molar-refractivity contribution in [2.75, 3.05) is 5.73 Å². The molecule has 1 aliphatic heterocycles. The van der Waals surface area contributed by atoms with E-state index in [9.17, 15) is 19.5 Å². The molecular weight excluding hydrogens is 296 g/mol. The third-order valence-electron chi connectivity index (χ3n) is 3.96. The summed E-state index contributed by atoms with van der Waals surface area (Å²) < 4.78 is 0. The Morgan fingerprint density at radius 2 is 1.65 bits per heavy atom. The van der Waals surface area contributed by atoms with Gasteiger partial charge in [0.05, 0.1) is 28.9 Å². The molecule has 0 unspecified atom stereocenters. The number of benzene rings is 2. The number of carboxylic acids is 1. The highest BCUT2D eigenvalue weighted by atomic mass is 16.4. The standard InChI is InChI=1S/C17H14N2O4/c1-9-6-7-10(14(18)13(9)17(22)23)8-19-15(20)11-4-2-3-5-12(11)16(19)21/h2-7H,8,18H2,1H3,(H,22,23). The van der Waals surface area contributed by atoms with Crippen molar-refractivity contribution < 1.29 is 19.5 Å². The number of fused-ring (bicyclic) bond motifs is 1. The Morgan fingerprint density at radius 3 is 2.17 bits per heavy atom. The number of anilines is 1. The molecule has 0 aliphatic carbocycles. The molecule has 1 aliphatic rings. The van der Waals surface area contributed by atoms with Crippen molar-refractivity contribution in [2.45, 2.75) is 13.5 Å². The summed E-state index contributed by atoms with van der Waals surface area (Å²) >= 11 is 0. The minimum atomic E-state index is -1.13. The number of imide groups is 1. The van der Waals surface area contributed by atoms with Gasteiger partial charge in [0, 0.05) is 0 Å². The van der Waals surface area contributed by atoms with Gasteiger partial charge in [-0.15, -0.1) is 0 Å². The number of nitrogens with two attached hydrogens (primary N) is 1. The summed E-state index contributed by atoms with van der Waals surface area (Å²) in [6.07, 6.45) is 0. The summed E-state index contributed by atoms with van der Waals surface area (Å²) in [5.41, 5.74) is 7.67. The van der Waals surface area contributed by atoms with Gasteiger partial charge in [-0.05, 0) is 30.2 Å². The predicted octanol–water partition coefficient (Wildman–Crippen LogP) is 2.07. The van der Waals surface area contributed by atoms with Crippen molar-refractivity contribution >= 4 is 23.5 Å². The quantitative estimate of drug-likeness (QED) is 0.667. The minimum absolute atomic E-state index is 0.000825. The van der Waals surface area contributed by atoms with Crippen LogP contribution in [0.25, 0.3) is 0 Å². The van der Waals surface area contributed by atoms with Crippen LogP contribution in [0.3, 0.4) is 0 Å². The molecule has 0 saturated heterocycles. The number of amides is 2. The third kappa shape index (κ3) is 2.24. The average molecular weight is 310 g/mol. The molecule has 0 saturated carbocycles. The summed E-state index contributed by atoms with van der Waals surface area (Å²) in [6, 6.07) is 9.83. The average Bonchev–Trinajstić information content (AvgIpc) is 2.75. The van der Waals surface area contributed by atoms with Crippen molar-refractivity contribution in [1.29, 1.82) is 0 Å². The highest BCUT2D eigenvalue weighted by Gasteiger charge is 2.35. The molecule has 2 aromatic carbocycles. The second-order valence-corrected chi connectivity index (χ2v) is 5.38. The topological polar surface area (TPSA) is 101 Å². The van der Waals surface area contributed by atoms with Gasteiger partial charge >= 0.3 is 5.97 Å². The molecule has 23 heavy (non-hydrogen) atoms. The maximum atomic E-state index is 12.4. The lowest BCUT2D eigenvalue weighted by Crippen LogP contribution is -2.29. The maximum absolute atomic E-state index is 12.4. The van der Waals surface area contributed by atoms with Crippen LogP contribution < -0.4 is 5.73 Å². The van der Waals surface area contributed by atoms with Crippen LogP contribution in [-0.2, 0) is 6.54 Å². The van der Waals surface area contributed by atoms with Crippen LogP contribution in [0.5, 0.6) is 0 Å². The largest absolute Gasteiger partial charge is 0.478 e. The number of carboxylic acid groups (broad SMARTS) is 1. The molecule has 0 aromatic heterocycles. The van der Waals surface area contributed by atoms with Gasteiger partial charge in [0.15, 0.2) is 0 Å². The molecule has 6 nitrogen and oxygen atoms in total.